The molecular formula is C9H18N4. The van der Waals surface area contributed by atoms with Crippen LogP contribution in [0.4, 0.5) is 5.95 Å². The summed E-state index contributed by atoms with van der Waals surface area (Å²) in [6, 6.07) is 0. The van der Waals surface area contributed by atoms with E-state index in [0.29, 0.717) is 5.92 Å². The molecule has 0 amide bonds. The number of hydrogen-bond donors (Lipinski definition) is 2. The lowest BCUT2D eigenvalue weighted by molar-refractivity contribution is 0.567. The SMILES string of the molecule is CNCC(C)CNc1nccn1C. The van der Waals surface area contributed by atoms with E-state index in [1.54, 1.807) is 6.20 Å². The Balaban J connectivity index is 2.30. The Morgan fingerprint density at radius 3 is 2.85 bits per heavy atom. The van der Waals surface area contributed by atoms with Gasteiger partial charge in [-0.25, -0.2) is 4.98 Å². The molecule has 1 aromatic rings. The van der Waals surface area contributed by atoms with Crippen molar-refractivity contribution in [3.05, 3.63) is 12.4 Å². The van der Waals surface area contributed by atoms with Crippen LogP contribution in [0.1, 0.15) is 6.92 Å². The molecule has 1 unspecified atom stereocenters. The molecule has 4 nitrogen and oxygen atoms in total. The minimum Gasteiger partial charge on any atom is -0.355 e. The van der Waals surface area contributed by atoms with Crippen LogP contribution >= 0.6 is 0 Å². The Kier molecular flexibility index (Phi) is 3.76. The number of imidazole rings is 1. The molecule has 0 aliphatic rings. The molecule has 0 spiro atoms. The molecule has 13 heavy (non-hydrogen) atoms. The number of nitrogens with zero attached hydrogens (tertiary/aromatic N) is 2. The van der Waals surface area contributed by atoms with Gasteiger partial charge in [0.25, 0.3) is 0 Å². The zero-order valence-electron chi connectivity index (χ0n) is 8.54. The highest BCUT2D eigenvalue weighted by atomic mass is 15.2. The fourth-order valence-corrected chi connectivity index (χ4v) is 1.22. The molecule has 0 aliphatic carbocycles. The second-order valence-electron chi connectivity index (χ2n) is 3.41. The molecule has 4 heteroatoms. The van der Waals surface area contributed by atoms with Crippen molar-refractivity contribution in [3.8, 4) is 0 Å². The quantitative estimate of drug-likeness (QED) is 0.704. The maximum atomic E-state index is 4.18. The summed E-state index contributed by atoms with van der Waals surface area (Å²) in [5.74, 6) is 1.55. The van der Waals surface area contributed by atoms with Crippen LogP contribution in [0.3, 0.4) is 0 Å². The topological polar surface area (TPSA) is 41.9 Å². The first kappa shape index (κ1) is 10.1. The maximum Gasteiger partial charge on any atom is 0.202 e. The van der Waals surface area contributed by atoms with Gasteiger partial charge in [-0.2, -0.15) is 0 Å². The smallest absolute Gasteiger partial charge is 0.202 e. The van der Waals surface area contributed by atoms with E-state index in [1.165, 1.54) is 0 Å². The third-order valence-electron chi connectivity index (χ3n) is 1.98. The Bertz CT molecular complexity index is 244. The van der Waals surface area contributed by atoms with Crippen molar-refractivity contribution in [2.24, 2.45) is 13.0 Å². The van der Waals surface area contributed by atoms with Crippen molar-refractivity contribution in [3.63, 3.8) is 0 Å². The van der Waals surface area contributed by atoms with Crippen molar-refractivity contribution in [1.29, 1.82) is 0 Å². The van der Waals surface area contributed by atoms with Gasteiger partial charge in [-0.1, -0.05) is 6.92 Å². The first-order valence-electron chi connectivity index (χ1n) is 4.60. The van der Waals surface area contributed by atoms with Gasteiger partial charge in [0, 0.05) is 26.0 Å². The van der Waals surface area contributed by atoms with Gasteiger partial charge in [-0.3, -0.25) is 0 Å². The number of aromatic nitrogens is 2. The minimum atomic E-state index is 0.613. The highest BCUT2D eigenvalue weighted by Crippen LogP contribution is 2.02. The summed E-state index contributed by atoms with van der Waals surface area (Å²) >= 11 is 0. The number of aryl methyl sites for hydroxylation is 1. The van der Waals surface area contributed by atoms with E-state index in [-0.39, 0.29) is 0 Å². The molecule has 0 saturated heterocycles. The summed E-state index contributed by atoms with van der Waals surface area (Å²) in [4.78, 5) is 4.18. The summed E-state index contributed by atoms with van der Waals surface area (Å²) in [6.45, 7) is 4.18. The number of hydrogen-bond acceptors (Lipinski definition) is 3. The van der Waals surface area contributed by atoms with E-state index in [0.717, 1.165) is 19.0 Å². The van der Waals surface area contributed by atoms with Gasteiger partial charge >= 0.3 is 0 Å². The standard InChI is InChI=1S/C9H18N4/c1-8(6-10-2)7-12-9-11-4-5-13(9)3/h4-5,8,10H,6-7H2,1-3H3,(H,11,12). The molecule has 0 bridgehead atoms. The van der Waals surface area contributed by atoms with E-state index >= 15 is 0 Å². The second-order valence-corrected chi connectivity index (χ2v) is 3.41. The Morgan fingerprint density at radius 2 is 2.31 bits per heavy atom. The predicted molar refractivity (Wildman–Crippen MR) is 54.8 cm³/mol. The lowest BCUT2D eigenvalue weighted by atomic mass is 10.2. The summed E-state index contributed by atoms with van der Waals surface area (Å²) in [5, 5.41) is 6.43. The first-order valence-corrected chi connectivity index (χ1v) is 4.60. The fraction of sp³-hybridized carbons (Fsp3) is 0.667. The van der Waals surface area contributed by atoms with Crippen molar-refractivity contribution >= 4 is 5.95 Å². The Labute approximate surface area is 79.4 Å². The molecular weight excluding hydrogens is 164 g/mol. The van der Waals surface area contributed by atoms with E-state index in [1.807, 2.05) is 24.9 Å². The second kappa shape index (κ2) is 4.87. The molecule has 0 radical (unpaired) electrons. The molecule has 1 heterocycles. The van der Waals surface area contributed by atoms with Crippen LogP contribution in [0.2, 0.25) is 0 Å². The van der Waals surface area contributed by atoms with Crippen LogP contribution in [0, 0.1) is 5.92 Å². The zero-order chi connectivity index (χ0) is 9.68. The van der Waals surface area contributed by atoms with Crippen LogP contribution < -0.4 is 10.6 Å². The molecule has 0 aromatic carbocycles. The molecule has 1 rings (SSSR count). The van der Waals surface area contributed by atoms with Gasteiger partial charge < -0.3 is 15.2 Å². The molecule has 74 valence electrons. The van der Waals surface area contributed by atoms with Gasteiger partial charge in [0.05, 0.1) is 0 Å². The van der Waals surface area contributed by atoms with Crippen LogP contribution in [0.15, 0.2) is 12.4 Å². The van der Waals surface area contributed by atoms with Gasteiger partial charge in [-0.05, 0) is 19.5 Å². The third-order valence-corrected chi connectivity index (χ3v) is 1.98. The van der Waals surface area contributed by atoms with E-state index in [9.17, 15) is 0 Å². The van der Waals surface area contributed by atoms with Crippen molar-refractivity contribution in [2.45, 2.75) is 6.92 Å². The van der Waals surface area contributed by atoms with E-state index in [4.69, 9.17) is 0 Å². The van der Waals surface area contributed by atoms with Crippen LogP contribution in [-0.2, 0) is 7.05 Å². The summed E-state index contributed by atoms with van der Waals surface area (Å²) in [5.41, 5.74) is 0. The average molecular weight is 182 g/mol. The van der Waals surface area contributed by atoms with E-state index < -0.39 is 0 Å². The number of anilines is 1. The maximum absolute atomic E-state index is 4.18. The van der Waals surface area contributed by atoms with Crippen LogP contribution in [0.5, 0.6) is 0 Å². The summed E-state index contributed by atoms with van der Waals surface area (Å²) in [7, 11) is 3.95. The molecule has 1 aromatic heterocycles. The molecule has 1 atom stereocenters. The summed E-state index contributed by atoms with van der Waals surface area (Å²) in [6.07, 6.45) is 3.73. The largest absolute Gasteiger partial charge is 0.355 e. The van der Waals surface area contributed by atoms with Gasteiger partial charge in [-0.15, -0.1) is 0 Å². The lowest BCUT2D eigenvalue weighted by Gasteiger charge is -2.12. The Hall–Kier alpha value is -1.03. The molecule has 0 fully saturated rings. The van der Waals surface area contributed by atoms with Gasteiger partial charge in [0.2, 0.25) is 5.95 Å². The molecule has 0 saturated carbocycles. The minimum absolute atomic E-state index is 0.613. The lowest BCUT2D eigenvalue weighted by Crippen LogP contribution is -2.23. The van der Waals surface area contributed by atoms with Crippen molar-refractivity contribution in [2.75, 3.05) is 25.5 Å². The molecule has 0 aliphatic heterocycles. The van der Waals surface area contributed by atoms with Gasteiger partial charge in [0.15, 0.2) is 0 Å². The van der Waals surface area contributed by atoms with Gasteiger partial charge in [0.1, 0.15) is 0 Å². The fourth-order valence-electron chi connectivity index (χ4n) is 1.22. The summed E-state index contributed by atoms with van der Waals surface area (Å²) < 4.78 is 1.98. The average Bonchev–Trinajstić information content (AvgIpc) is 2.48. The monoisotopic (exact) mass is 182 g/mol. The molecule has 2 N–H and O–H groups in total. The zero-order valence-corrected chi connectivity index (χ0v) is 8.54. The van der Waals surface area contributed by atoms with Crippen LogP contribution in [0.25, 0.3) is 0 Å². The van der Waals surface area contributed by atoms with Crippen LogP contribution in [-0.4, -0.2) is 29.7 Å². The third kappa shape index (κ3) is 3.06. The predicted octanol–water partition coefficient (Wildman–Crippen LogP) is 0.687. The van der Waals surface area contributed by atoms with Crippen molar-refractivity contribution < 1.29 is 0 Å². The number of rotatable bonds is 5. The highest BCUT2D eigenvalue weighted by Gasteiger charge is 2.02. The van der Waals surface area contributed by atoms with Crippen molar-refractivity contribution in [1.82, 2.24) is 14.9 Å². The first-order chi connectivity index (χ1) is 6.24. The normalized spacial score (nSPS) is 12.8. The highest BCUT2D eigenvalue weighted by molar-refractivity contribution is 5.24. The number of nitrogens with one attached hydrogen (secondary N) is 2. The Morgan fingerprint density at radius 1 is 1.54 bits per heavy atom. The van der Waals surface area contributed by atoms with E-state index in [2.05, 4.69) is 22.5 Å².